The van der Waals surface area contributed by atoms with E-state index in [4.69, 9.17) is 0 Å². The maximum Gasteiger partial charge on any atom is 0.292 e. The van der Waals surface area contributed by atoms with Gasteiger partial charge in [-0.15, -0.1) is 0 Å². The van der Waals surface area contributed by atoms with Crippen LogP contribution in [0.4, 0.5) is 11.4 Å². The largest absolute Gasteiger partial charge is 0.378 e. The summed E-state index contributed by atoms with van der Waals surface area (Å²) in [6.07, 6.45) is 0. The zero-order valence-corrected chi connectivity index (χ0v) is 11.4. The first-order chi connectivity index (χ1) is 9.68. The Bertz CT molecular complexity index is 599. The van der Waals surface area contributed by atoms with Crippen molar-refractivity contribution in [2.24, 2.45) is 0 Å². The summed E-state index contributed by atoms with van der Waals surface area (Å²) in [5.41, 5.74) is 1.10. The summed E-state index contributed by atoms with van der Waals surface area (Å²) in [5, 5.41) is 20.1. The lowest BCUT2D eigenvalue weighted by atomic mass is 10.2. The number of nitrogens with zero attached hydrogens (tertiary/aromatic N) is 1. The van der Waals surface area contributed by atoms with Crippen molar-refractivity contribution in [3.63, 3.8) is 0 Å². The van der Waals surface area contributed by atoms with Crippen molar-refractivity contribution < 1.29 is 9.72 Å². The van der Waals surface area contributed by atoms with E-state index in [2.05, 4.69) is 10.6 Å². The molecular formula is C13H13N3O3S. The Morgan fingerprint density at radius 2 is 2.05 bits per heavy atom. The number of rotatable bonds is 6. The van der Waals surface area contributed by atoms with Gasteiger partial charge in [-0.05, 0) is 17.5 Å². The highest BCUT2D eigenvalue weighted by Gasteiger charge is 2.11. The molecule has 2 aromatic rings. The Labute approximate surface area is 119 Å². The van der Waals surface area contributed by atoms with Gasteiger partial charge in [0.2, 0.25) is 0 Å². The highest BCUT2D eigenvalue weighted by Crippen LogP contribution is 2.22. The molecule has 0 saturated carbocycles. The number of carbonyl (C=O) groups excluding carboxylic acids is 1. The highest BCUT2D eigenvalue weighted by atomic mass is 32.1. The summed E-state index contributed by atoms with van der Waals surface area (Å²) < 4.78 is 0. The molecule has 104 valence electrons. The molecule has 2 rings (SSSR count). The summed E-state index contributed by atoms with van der Waals surface area (Å²) in [6.45, 7) is 0.807. The van der Waals surface area contributed by atoms with E-state index in [0.29, 0.717) is 24.3 Å². The average molecular weight is 291 g/mol. The van der Waals surface area contributed by atoms with Crippen LogP contribution in [0.1, 0.15) is 10.4 Å². The molecule has 0 fully saturated rings. The number of benzene rings is 1. The quantitative estimate of drug-likeness (QED) is 0.486. The lowest BCUT2D eigenvalue weighted by Crippen LogP contribution is -2.28. The maximum absolute atomic E-state index is 11.7. The van der Waals surface area contributed by atoms with Gasteiger partial charge in [-0.3, -0.25) is 14.9 Å². The highest BCUT2D eigenvalue weighted by molar-refractivity contribution is 7.08. The molecule has 1 amide bonds. The Hall–Kier alpha value is -2.41. The molecule has 0 bridgehead atoms. The van der Waals surface area contributed by atoms with Crippen LogP contribution in [-0.4, -0.2) is 23.9 Å². The van der Waals surface area contributed by atoms with E-state index in [-0.39, 0.29) is 11.6 Å². The van der Waals surface area contributed by atoms with E-state index in [1.807, 2.05) is 5.38 Å². The molecule has 0 aliphatic carbocycles. The summed E-state index contributed by atoms with van der Waals surface area (Å²) in [7, 11) is 0. The normalized spacial score (nSPS) is 10.0. The van der Waals surface area contributed by atoms with E-state index in [1.54, 1.807) is 29.6 Å². The maximum atomic E-state index is 11.7. The number of hydrogen-bond donors (Lipinski definition) is 2. The number of nitro groups is 1. The number of nitro benzene ring substituents is 1. The predicted octanol–water partition coefficient (Wildman–Crippen LogP) is 2.50. The molecule has 1 heterocycles. The second-order valence-electron chi connectivity index (χ2n) is 3.97. The second kappa shape index (κ2) is 6.67. The molecule has 0 aliphatic rings. The van der Waals surface area contributed by atoms with Crippen molar-refractivity contribution in [2.75, 3.05) is 18.4 Å². The van der Waals surface area contributed by atoms with Gasteiger partial charge in [-0.2, -0.15) is 11.3 Å². The third-order valence-corrected chi connectivity index (χ3v) is 3.29. The fourth-order valence-electron chi connectivity index (χ4n) is 1.65. The number of para-hydroxylation sites is 2. The molecular weight excluding hydrogens is 278 g/mol. The number of thiophene rings is 1. The minimum Gasteiger partial charge on any atom is -0.378 e. The van der Waals surface area contributed by atoms with Crippen molar-refractivity contribution in [2.45, 2.75) is 0 Å². The van der Waals surface area contributed by atoms with E-state index in [9.17, 15) is 14.9 Å². The smallest absolute Gasteiger partial charge is 0.292 e. The standard InChI is InChI=1S/C13H13N3O3S/c17-13(10-5-8-20-9-10)15-7-6-14-11-3-1-2-4-12(11)16(18)19/h1-5,8-9,14H,6-7H2,(H,15,17). The van der Waals surface area contributed by atoms with E-state index < -0.39 is 4.92 Å². The summed E-state index contributed by atoms with van der Waals surface area (Å²) >= 11 is 1.46. The van der Waals surface area contributed by atoms with Gasteiger partial charge in [-0.25, -0.2) is 0 Å². The lowest BCUT2D eigenvalue weighted by Gasteiger charge is -2.07. The minimum absolute atomic E-state index is 0.0247. The van der Waals surface area contributed by atoms with Gasteiger partial charge in [-0.1, -0.05) is 12.1 Å². The van der Waals surface area contributed by atoms with Crippen LogP contribution >= 0.6 is 11.3 Å². The van der Waals surface area contributed by atoms with Crippen molar-refractivity contribution >= 4 is 28.6 Å². The van der Waals surface area contributed by atoms with Crippen molar-refractivity contribution in [3.8, 4) is 0 Å². The number of amides is 1. The van der Waals surface area contributed by atoms with Gasteiger partial charge in [0, 0.05) is 30.1 Å². The van der Waals surface area contributed by atoms with Gasteiger partial charge in [0.25, 0.3) is 11.6 Å². The zero-order valence-electron chi connectivity index (χ0n) is 10.5. The molecule has 0 radical (unpaired) electrons. The number of anilines is 1. The van der Waals surface area contributed by atoms with Crippen molar-refractivity contribution in [1.29, 1.82) is 0 Å². The third kappa shape index (κ3) is 3.55. The lowest BCUT2D eigenvalue weighted by molar-refractivity contribution is -0.384. The van der Waals surface area contributed by atoms with E-state index in [0.717, 1.165) is 0 Å². The molecule has 1 aromatic heterocycles. The van der Waals surface area contributed by atoms with E-state index >= 15 is 0 Å². The third-order valence-electron chi connectivity index (χ3n) is 2.61. The molecule has 0 unspecified atom stereocenters. The topological polar surface area (TPSA) is 84.3 Å². The molecule has 0 aliphatic heterocycles. The van der Waals surface area contributed by atoms with Crippen LogP contribution in [0.2, 0.25) is 0 Å². The molecule has 7 heteroatoms. The fourth-order valence-corrected chi connectivity index (χ4v) is 2.29. The molecule has 0 atom stereocenters. The van der Waals surface area contributed by atoms with Crippen LogP contribution in [0.15, 0.2) is 41.1 Å². The molecule has 1 aromatic carbocycles. The van der Waals surface area contributed by atoms with Crippen LogP contribution < -0.4 is 10.6 Å². The Morgan fingerprint density at radius 1 is 1.25 bits per heavy atom. The minimum atomic E-state index is -0.438. The number of nitrogens with one attached hydrogen (secondary N) is 2. The Balaban J connectivity index is 1.82. The number of hydrogen-bond acceptors (Lipinski definition) is 5. The molecule has 20 heavy (non-hydrogen) atoms. The monoisotopic (exact) mass is 291 g/mol. The van der Waals surface area contributed by atoms with Gasteiger partial charge < -0.3 is 10.6 Å². The van der Waals surface area contributed by atoms with Gasteiger partial charge >= 0.3 is 0 Å². The molecule has 0 spiro atoms. The SMILES string of the molecule is O=C(NCCNc1ccccc1[N+](=O)[O-])c1ccsc1. The Kier molecular flexibility index (Phi) is 4.67. The fraction of sp³-hybridized carbons (Fsp3) is 0.154. The Morgan fingerprint density at radius 3 is 2.75 bits per heavy atom. The first-order valence-corrected chi connectivity index (χ1v) is 6.90. The first-order valence-electron chi connectivity index (χ1n) is 5.96. The van der Waals surface area contributed by atoms with Crippen LogP contribution in [0.3, 0.4) is 0 Å². The van der Waals surface area contributed by atoms with Crippen molar-refractivity contribution in [3.05, 3.63) is 56.8 Å². The molecule has 6 nitrogen and oxygen atoms in total. The van der Waals surface area contributed by atoms with Crippen LogP contribution in [0.25, 0.3) is 0 Å². The zero-order chi connectivity index (χ0) is 14.4. The van der Waals surface area contributed by atoms with Crippen LogP contribution in [-0.2, 0) is 0 Å². The number of carbonyl (C=O) groups is 1. The average Bonchev–Trinajstić information content (AvgIpc) is 2.98. The van der Waals surface area contributed by atoms with Crippen LogP contribution in [0.5, 0.6) is 0 Å². The van der Waals surface area contributed by atoms with Crippen molar-refractivity contribution in [1.82, 2.24) is 5.32 Å². The van der Waals surface area contributed by atoms with Gasteiger partial charge in [0.1, 0.15) is 5.69 Å². The van der Waals surface area contributed by atoms with Crippen LogP contribution in [0, 0.1) is 10.1 Å². The molecule has 0 saturated heterocycles. The predicted molar refractivity (Wildman–Crippen MR) is 78.2 cm³/mol. The molecule has 2 N–H and O–H groups in total. The second-order valence-corrected chi connectivity index (χ2v) is 4.75. The summed E-state index contributed by atoms with van der Waals surface area (Å²) in [5.74, 6) is -0.143. The first kappa shape index (κ1) is 14.0. The summed E-state index contributed by atoms with van der Waals surface area (Å²) in [6, 6.07) is 8.15. The summed E-state index contributed by atoms with van der Waals surface area (Å²) in [4.78, 5) is 22.0. The van der Waals surface area contributed by atoms with Gasteiger partial charge in [0.05, 0.1) is 4.92 Å². The van der Waals surface area contributed by atoms with E-state index in [1.165, 1.54) is 17.4 Å². The van der Waals surface area contributed by atoms with Gasteiger partial charge in [0.15, 0.2) is 0 Å².